The number of aliphatic carboxylic acids is 1. The Balaban J connectivity index is 2.49. The quantitative estimate of drug-likeness (QED) is 0.631. The molecule has 0 aromatic heterocycles. The van der Waals surface area contributed by atoms with Crippen LogP contribution in [0.4, 0.5) is 0 Å². The number of carbonyl (C=O) groups excluding carboxylic acids is 1. The molecule has 6 heteroatoms. The molecule has 0 saturated heterocycles. The molecule has 0 unspecified atom stereocenters. The maximum Gasteiger partial charge on any atom is 0.303 e. The van der Waals surface area contributed by atoms with Crippen molar-refractivity contribution in [2.24, 2.45) is 0 Å². The van der Waals surface area contributed by atoms with Crippen molar-refractivity contribution >= 4 is 11.9 Å². The predicted octanol–water partition coefficient (Wildman–Crippen LogP) is 2.79. The Morgan fingerprint density at radius 3 is 2.36 bits per heavy atom. The molecule has 0 saturated carbocycles. The molecule has 0 heterocycles. The molecule has 6 nitrogen and oxygen atoms in total. The Bertz CT molecular complexity index is 548. The number of benzene rings is 1. The highest BCUT2D eigenvalue weighted by Gasteiger charge is 2.17. The first-order chi connectivity index (χ1) is 11.7. The fourth-order valence-corrected chi connectivity index (χ4v) is 2.17. The van der Waals surface area contributed by atoms with Gasteiger partial charge in [-0.15, -0.1) is 0 Å². The topological polar surface area (TPSA) is 84.9 Å². The van der Waals surface area contributed by atoms with E-state index in [-0.39, 0.29) is 30.6 Å². The molecule has 0 aliphatic carbocycles. The van der Waals surface area contributed by atoms with Crippen LogP contribution >= 0.6 is 0 Å². The van der Waals surface area contributed by atoms with Crippen LogP contribution in [0.5, 0.6) is 5.75 Å². The number of carboxylic acids is 1. The summed E-state index contributed by atoms with van der Waals surface area (Å²) in [5, 5.41) is 12.0. The number of ether oxygens (including phenoxy) is 2. The molecule has 1 aromatic carbocycles. The Morgan fingerprint density at radius 1 is 1.20 bits per heavy atom. The second-order valence-corrected chi connectivity index (χ2v) is 7.06. The highest BCUT2D eigenvalue weighted by atomic mass is 16.6. The van der Waals surface area contributed by atoms with Crippen molar-refractivity contribution in [3.05, 3.63) is 29.8 Å². The lowest BCUT2D eigenvalue weighted by Gasteiger charge is -2.25. The number of nitrogens with one attached hydrogen (secondary N) is 1. The molecule has 0 spiro atoms. The number of carboxylic acid groups (broad SMARTS) is 1. The van der Waals surface area contributed by atoms with Crippen molar-refractivity contribution in [1.29, 1.82) is 0 Å². The lowest BCUT2D eigenvalue weighted by atomic mass is 10.1. The highest BCUT2D eigenvalue weighted by Crippen LogP contribution is 2.15. The third-order valence-corrected chi connectivity index (χ3v) is 3.41. The number of esters is 1. The monoisotopic (exact) mass is 351 g/mol. The van der Waals surface area contributed by atoms with E-state index in [0.717, 1.165) is 12.0 Å². The lowest BCUT2D eigenvalue weighted by Crippen LogP contribution is -2.44. The minimum absolute atomic E-state index is 0.0734. The third-order valence-electron chi connectivity index (χ3n) is 3.41. The zero-order chi connectivity index (χ0) is 18.9. The van der Waals surface area contributed by atoms with E-state index in [1.807, 2.05) is 45.0 Å². The second kappa shape index (κ2) is 10.0. The molecule has 0 radical (unpaired) electrons. The molecular formula is C19H29NO5. The summed E-state index contributed by atoms with van der Waals surface area (Å²) in [6.07, 6.45) is 1.14. The largest absolute Gasteiger partial charge is 0.490 e. The van der Waals surface area contributed by atoms with E-state index in [9.17, 15) is 9.59 Å². The summed E-state index contributed by atoms with van der Waals surface area (Å²) in [5.74, 6) is -0.423. The van der Waals surface area contributed by atoms with Crippen LogP contribution < -0.4 is 10.1 Å². The molecule has 0 amide bonds. The van der Waals surface area contributed by atoms with Crippen LogP contribution in [0.1, 0.15) is 46.1 Å². The van der Waals surface area contributed by atoms with Gasteiger partial charge in [0.25, 0.3) is 0 Å². The molecule has 0 bridgehead atoms. The molecule has 0 fully saturated rings. The van der Waals surface area contributed by atoms with Crippen LogP contribution in [0, 0.1) is 0 Å². The lowest BCUT2D eigenvalue weighted by molar-refractivity contribution is -0.147. The number of rotatable bonds is 10. The molecule has 2 N–H and O–H groups in total. The normalized spacial score (nSPS) is 12.5. The van der Waals surface area contributed by atoms with Crippen LogP contribution in [0.3, 0.4) is 0 Å². The molecule has 0 aliphatic rings. The average Bonchev–Trinajstić information content (AvgIpc) is 2.50. The van der Waals surface area contributed by atoms with Crippen molar-refractivity contribution in [3.8, 4) is 5.75 Å². The van der Waals surface area contributed by atoms with Gasteiger partial charge < -0.3 is 19.9 Å². The fourth-order valence-electron chi connectivity index (χ4n) is 2.17. The minimum atomic E-state index is -0.777. The molecule has 1 aromatic rings. The average molecular weight is 351 g/mol. The summed E-state index contributed by atoms with van der Waals surface area (Å²) >= 11 is 0. The van der Waals surface area contributed by atoms with E-state index >= 15 is 0 Å². The van der Waals surface area contributed by atoms with Crippen molar-refractivity contribution in [2.75, 3.05) is 13.2 Å². The van der Waals surface area contributed by atoms with Crippen LogP contribution in [0.15, 0.2) is 24.3 Å². The zero-order valence-electron chi connectivity index (χ0n) is 15.5. The van der Waals surface area contributed by atoms with Gasteiger partial charge in [0.05, 0.1) is 0 Å². The van der Waals surface area contributed by atoms with E-state index in [1.54, 1.807) is 0 Å². The summed E-state index contributed by atoms with van der Waals surface area (Å²) < 4.78 is 11.0. The van der Waals surface area contributed by atoms with Gasteiger partial charge in [-0.25, -0.2) is 0 Å². The first-order valence-corrected chi connectivity index (χ1v) is 8.51. The molecule has 0 aliphatic heterocycles. The molecule has 140 valence electrons. The van der Waals surface area contributed by atoms with Crippen molar-refractivity contribution in [1.82, 2.24) is 5.32 Å². The molecule has 1 atom stereocenters. The van der Waals surface area contributed by atoms with E-state index < -0.39 is 5.97 Å². The standard InChI is InChI=1S/C19H29NO5/c1-14(21)25-17(12-20-19(2,3)4)13-24-16-10-8-15(9-11-16)6-5-7-18(22)23/h8-11,17,20H,5-7,12-13H2,1-4H3,(H,22,23)/t17-/m0/s1. The summed E-state index contributed by atoms with van der Waals surface area (Å²) in [6.45, 7) is 8.29. The summed E-state index contributed by atoms with van der Waals surface area (Å²) in [7, 11) is 0. The Labute approximate surface area is 149 Å². The summed E-state index contributed by atoms with van der Waals surface area (Å²) in [4.78, 5) is 21.8. The first kappa shape index (κ1) is 21.0. The Hall–Kier alpha value is -2.08. The van der Waals surface area contributed by atoms with Crippen LogP contribution in [-0.2, 0) is 20.7 Å². The van der Waals surface area contributed by atoms with E-state index in [4.69, 9.17) is 14.6 Å². The first-order valence-electron chi connectivity index (χ1n) is 8.51. The van der Waals surface area contributed by atoms with Crippen molar-refractivity contribution in [3.63, 3.8) is 0 Å². The van der Waals surface area contributed by atoms with Crippen LogP contribution in [0.25, 0.3) is 0 Å². The fraction of sp³-hybridized carbons (Fsp3) is 0.579. The second-order valence-electron chi connectivity index (χ2n) is 7.06. The van der Waals surface area contributed by atoms with E-state index in [1.165, 1.54) is 6.92 Å². The van der Waals surface area contributed by atoms with Gasteiger partial charge in [0, 0.05) is 25.4 Å². The summed E-state index contributed by atoms with van der Waals surface area (Å²) in [5.41, 5.74) is 0.996. The van der Waals surface area contributed by atoms with Gasteiger partial charge in [0.2, 0.25) is 0 Å². The third kappa shape index (κ3) is 10.4. The number of aryl methyl sites for hydroxylation is 1. The number of hydrogen-bond donors (Lipinski definition) is 2. The zero-order valence-corrected chi connectivity index (χ0v) is 15.5. The predicted molar refractivity (Wildman–Crippen MR) is 95.8 cm³/mol. The minimum Gasteiger partial charge on any atom is -0.490 e. The molecule has 1 rings (SSSR count). The highest BCUT2D eigenvalue weighted by molar-refractivity contribution is 5.66. The molecule has 25 heavy (non-hydrogen) atoms. The van der Waals surface area contributed by atoms with Crippen molar-refractivity contribution < 1.29 is 24.2 Å². The number of carbonyl (C=O) groups is 2. The Kier molecular flexibility index (Phi) is 8.41. The van der Waals surface area contributed by atoms with Gasteiger partial charge in [-0.3, -0.25) is 9.59 Å². The van der Waals surface area contributed by atoms with E-state index in [2.05, 4.69) is 5.32 Å². The molecular weight excluding hydrogens is 322 g/mol. The van der Waals surface area contributed by atoms with E-state index in [0.29, 0.717) is 18.7 Å². The van der Waals surface area contributed by atoms with Gasteiger partial charge in [-0.1, -0.05) is 12.1 Å². The Morgan fingerprint density at radius 2 is 1.84 bits per heavy atom. The summed E-state index contributed by atoms with van der Waals surface area (Å²) in [6, 6.07) is 7.53. The van der Waals surface area contributed by atoms with Gasteiger partial charge in [0.1, 0.15) is 18.5 Å². The maximum absolute atomic E-state index is 11.2. The van der Waals surface area contributed by atoms with Crippen molar-refractivity contribution in [2.45, 2.75) is 58.6 Å². The van der Waals surface area contributed by atoms with Crippen LogP contribution in [0.2, 0.25) is 0 Å². The van der Waals surface area contributed by atoms with Gasteiger partial charge in [-0.05, 0) is 51.3 Å². The van der Waals surface area contributed by atoms with Crippen LogP contribution in [-0.4, -0.2) is 41.8 Å². The smallest absolute Gasteiger partial charge is 0.303 e. The number of hydrogen-bond acceptors (Lipinski definition) is 5. The SMILES string of the molecule is CC(=O)O[C@@H](CNC(C)(C)C)COc1ccc(CCCC(=O)O)cc1. The van der Waals surface area contributed by atoms with Gasteiger partial charge >= 0.3 is 11.9 Å². The maximum atomic E-state index is 11.2. The van der Waals surface area contributed by atoms with Gasteiger partial charge in [-0.2, -0.15) is 0 Å². The van der Waals surface area contributed by atoms with Gasteiger partial charge in [0.15, 0.2) is 0 Å².